The molecule has 0 amide bonds. The number of Topliss-reactive ketones (excluding diaryl/α,β-unsaturated/α-hetero) is 1. The van der Waals surface area contributed by atoms with E-state index in [1.807, 2.05) is 0 Å². The van der Waals surface area contributed by atoms with E-state index in [4.69, 9.17) is 9.47 Å². The minimum absolute atomic E-state index is 0.221. The molecule has 96 valence electrons. The lowest BCUT2D eigenvalue weighted by atomic mass is 9.94. The van der Waals surface area contributed by atoms with Gasteiger partial charge >= 0.3 is 0 Å². The van der Waals surface area contributed by atoms with Gasteiger partial charge in [-0.3, -0.25) is 4.79 Å². The van der Waals surface area contributed by atoms with Crippen LogP contribution in [-0.4, -0.2) is 32.7 Å². The van der Waals surface area contributed by atoms with Gasteiger partial charge in [0.05, 0.1) is 13.2 Å². The molecular formula is C13H26O3. The van der Waals surface area contributed by atoms with Crippen LogP contribution in [0.2, 0.25) is 0 Å². The van der Waals surface area contributed by atoms with Crippen molar-refractivity contribution in [2.24, 2.45) is 5.92 Å². The zero-order chi connectivity index (χ0) is 12.2. The fourth-order valence-corrected chi connectivity index (χ4v) is 1.65. The van der Waals surface area contributed by atoms with Crippen LogP contribution in [0.4, 0.5) is 0 Å². The maximum Gasteiger partial charge on any atom is 0.158 e. The number of ketones is 1. The van der Waals surface area contributed by atoms with Crippen LogP contribution in [0, 0.1) is 5.92 Å². The third kappa shape index (κ3) is 8.86. The van der Waals surface area contributed by atoms with Crippen molar-refractivity contribution >= 4 is 5.78 Å². The van der Waals surface area contributed by atoms with Crippen LogP contribution in [0.3, 0.4) is 0 Å². The van der Waals surface area contributed by atoms with E-state index in [0.717, 1.165) is 12.8 Å². The molecule has 0 fully saturated rings. The molecule has 0 N–H and O–H groups in total. The third-order valence-corrected chi connectivity index (χ3v) is 2.75. The van der Waals surface area contributed by atoms with Crippen LogP contribution in [0.5, 0.6) is 0 Å². The van der Waals surface area contributed by atoms with E-state index in [2.05, 4.69) is 13.8 Å². The summed E-state index contributed by atoms with van der Waals surface area (Å²) in [6.07, 6.45) is 5.34. The predicted molar refractivity (Wildman–Crippen MR) is 65.6 cm³/mol. The lowest BCUT2D eigenvalue weighted by Gasteiger charge is -2.13. The molecule has 16 heavy (non-hydrogen) atoms. The van der Waals surface area contributed by atoms with E-state index in [0.29, 0.717) is 25.6 Å². The van der Waals surface area contributed by atoms with Gasteiger partial charge in [-0.2, -0.15) is 0 Å². The van der Waals surface area contributed by atoms with E-state index in [1.165, 1.54) is 12.8 Å². The summed E-state index contributed by atoms with van der Waals surface area (Å²) in [5, 5.41) is 0. The quantitative estimate of drug-likeness (QED) is 0.512. The van der Waals surface area contributed by atoms with E-state index >= 15 is 0 Å². The summed E-state index contributed by atoms with van der Waals surface area (Å²) in [6.45, 7) is 5.64. The van der Waals surface area contributed by atoms with Gasteiger partial charge in [-0.1, -0.05) is 39.5 Å². The van der Waals surface area contributed by atoms with Crippen LogP contribution in [0.25, 0.3) is 0 Å². The first-order chi connectivity index (χ1) is 7.74. The molecule has 0 aliphatic rings. The first kappa shape index (κ1) is 15.6. The van der Waals surface area contributed by atoms with Gasteiger partial charge in [0.2, 0.25) is 0 Å². The molecule has 3 heteroatoms. The molecule has 0 radical (unpaired) electrons. The summed E-state index contributed by atoms with van der Waals surface area (Å²) in [4.78, 5) is 11.6. The summed E-state index contributed by atoms with van der Waals surface area (Å²) in [7, 11) is 1.63. The van der Waals surface area contributed by atoms with Crippen molar-refractivity contribution in [3.63, 3.8) is 0 Å². The first-order valence-electron chi connectivity index (χ1n) is 6.32. The molecule has 0 saturated heterocycles. The minimum Gasteiger partial charge on any atom is -0.382 e. The first-order valence-corrected chi connectivity index (χ1v) is 6.32. The largest absolute Gasteiger partial charge is 0.382 e. The second-order valence-electron chi connectivity index (χ2n) is 4.20. The summed E-state index contributed by atoms with van der Waals surface area (Å²) in [5.74, 6) is 0.762. The summed E-state index contributed by atoms with van der Waals surface area (Å²) in [5.41, 5.74) is 0. The summed E-state index contributed by atoms with van der Waals surface area (Å²) < 4.78 is 10.1. The monoisotopic (exact) mass is 230 g/mol. The lowest BCUT2D eigenvalue weighted by molar-refractivity contribution is -0.125. The predicted octanol–water partition coefficient (Wildman–Crippen LogP) is 2.83. The average Bonchev–Trinajstić information content (AvgIpc) is 2.30. The highest BCUT2D eigenvalue weighted by Crippen LogP contribution is 2.16. The van der Waals surface area contributed by atoms with Gasteiger partial charge in [0.25, 0.3) is 0 Å². The average molecular weight is 230 g/mol. The molecule has 0 aromatic carbocycles. The Morgan fingerprint density at radius 3 is 2.56 bits per heavy atom. The molecule has 0 bridgehead atoms. The smallest absolute Gasteiger partial charge is 0.158 e. The standard InChI is InChI=1S/C13H26O3/c1-4-6-7-12(5-2)10-13(14)11-16-9-8-15-3/h12H,4-11H2,1-3H3. The Balaban J connectivity index is 3.57. The van der Waals surface area contributed by atoms with Gasteiger partial charge in [0.15, 0.2) is 5.78 Å². The number of carbonyl (C=O) groups excluding carboxylic acids is 1. The maximum absolute atomic E-state index is 11.6. The number of hydrogen-bond donors (Lipinski definition) is 0. The van der Waals surface area contributed by atoms with Crippen LogP contribution >= 0.6 is 0 Å². The van der Waals surface area contributed by atoms with Crippen molar-refractivity contribution in [1.29, 1.82) is 0 Å². The molecule has 1 unspecified atom stereocenters. The highest BCUT2D eigenvalue weighted by Gasteiger charge is 2.11. The number of hydrogen-bond acceptors (Lipinski definition) is 3. The maximum atomic E-state index is 11.6. The van der Waals surface area contributed by atoms with Gasteiger partial charge in [-0.25, -0.2) is 0 Å². The van der Waals surface area contributed by atoms with Crippen molar-refractivity contribution in [3.05, 3.63) is 0 Å². The normalized spacial score (nSPS) is 12.7. The van der Waals surface area contributed by atoms with E-state index in [9.17, 15) is 4.79 Å². The van der Waals surface area contributed by atoms with Gasteiger partial charge in [-0.05, 0) is 5.92 Å². The van der Waals surface area contributed by atoms with E-state index in [-0.39, 0.29) is 12.4 Å². The Hall–Kier alpha value is -0.410. The van der Waals surface area contributed by atoms with Crippen molar-refractivity contribution in [3.8, 4) is 0 Å². The van der Waals surface area contributed by atoms with Crippen molar-refractivity contribution in [2.45, 2.75) is 46.0 Å². The molecule has 0 saturated carbocycles. The zero-order valence-electron chi connectivity index (χ0n) is 11.0. The Labute approximate surface area is 99.5 Å². The fourth-order valence-electron chi connectivity index (χ4n) is 1.65. The van der Waals surface area contributed by atoms with Gasteiger partial charge < -0.3 is 9.47 Å². The van der Waals surface area contributed by atoms with Gasteiger partial charge in [0, 0.05) is 13.5 Å². The van der Waals surface area contributed by atoms with Gasteiger partial charge in [-0.15, -0.1) is 0 Å². The second kappa shape index (κ2) is 11.1. The van der Waals surface area contributed by atoms with Gasteiger partial charge in [0.1, 0.15) is 6.61 Å². The minimum atomic E-state index is 0.221. The van der Waals surface area contributed by atoms with E-state index in [1.54, 1.807) is 7.11 Å². The SMILES string of the molecule is CCCCC(CC)CC(=O)COCCOC. The zero-order valence-corrected chi connectivity index (χ0v) is 11.0. The molecule has 0 aromatic heterocycles. The van der Waals surface area contributed by atoms with Crippen LogP contribution in [0.15, 0.2) is 0 Å². The third-order valence-electron chi connectivity index (χ3n) is 2.75. The molecule has 0 aliphatic heterocycles. The van der Waals surface area contributed by atoms with Crippen molar-refractivity contribution in [2.75, 3.05) is 26.9 Å². The molecule has 0 rings (SSSR count). The second-order valence-corrected chi connectivity index (χ2v) is 4.20. The number of carbonyl (C=O) groups is 1. The highest BCUT2D eigenvalue weighted by molar-refractivity contribution is 5.79. The Morgan fingerprint density at radius 2 is 2.00 bits per heavy atom. The van der Waals surface area contributed by atoms with E-state index < -0.39 is 0 Å². The molecule has 3 nitrogen and oxygen atoms in total. The van der Waals surface area contributed by atoms with Crippen molar-refractivity contribution < 1.29 is 14.3 Å². The van der Waals surface area contributed by atoms with Crippen molar-refractivity contribution in [1.82, 2.24) is 0 Å². The Bertz CT molecular complexity index is 169. The number of unbranched alkanes of at least 4 members (excludes halogenated alkanes) is 1. The van der Waals surface area contributed by atoms with Crippen LogP contribution in [0.1, 0.15) is 46.0 Å². The van der Waals surface area contributed by atoms with Crippen LogP contribution in [-0.2, 0) is 14.3 Å². The molecule has 0 aliphatic carbocycles. The summed E-state index contributed by atoms with van der Waals surface area (Å²) >= 11 is 0. The number of rotatable bonds is 11. The topological polar surface area (TPSA) is 35.5 Å². The molecular weight excluding hydrogens is 204 g/mol. The Morgan fingerprint density at radius 1 is 1.25 bits per heavy atom. The summed E-state index contributed by atoms with van der Waals surface area (Å²) in [6, 6.07) is 0. The highest BCUT2D eigenvalue weighted by atomic mass is 16.5. The fraction of sp³-hybridized carbons (Fsp3) is 0.923. The molecule has 0 heterocycles. The lowest BCUT2D eigenvalue weighted by Crippen LogP contribution is -2.15. The number of methoxy groups -OCH3 is 1. The molecule has 0 aromatic rings. The van der Waals surface area contributed by atoms with Crippen LogP contribution < -0.4 is 0 Å². The molecule has 1 atom stereocenters. The molecule has 0 spiro atoms. The number of ether oxygens (including phenoxy) is 2. The Kier molecular flexibility index (Phi) is 10.8.